The molecule has 1 aliphatic rings. The van der Waals surface area contributed by atoms with Crippen LogP contribution in [-0.4, -0.2) is 19.5 Å². The third kappa shape index (κ3) is 1.49. The monoisotopic (exact) mass is 288 g/mol. The second kappa shape index (κ2) is 3.18. The van der Waals surface area contributed by atoms with E-state index in [2.05, 4.69) is 15.9 Å². The van der Waals surface area contributed by atoms with Crippen molar-refractivity contribution in [3.05, 3.63) is 33.1 Å². The number of hydrogen-bond acceptors (Lipinski definition) is 3. The summed E-state index contributed by atoms with van der Waals surface area (Å²) < 4.78 is 24.0. The number of carbonyl (C=O) groups is 1. The van der Waals surface area contributed by atoms with Crippen LogP contribution in [0.2, 0.25) is 0 Å². The number of carboxylic acid groups (broad SMARTS) is 1. The first-order valence-electron chi connectivity index (χ1n) is 3.92. The van der Waals surface area contributed by atoms with Crippen molar-refractivity contribution in [2.45, 2.75) is 4.90 Å². The molecule has 0 fully saturated rings. The number of fused-ring (bicyclic) bond motifs is 1. The Bertz CT molecular complexity index is 586. The van der Waals surface area contributed by atoms with Crippen molar-refractivity contribution >= 4 is 37.8 Å². The first-order chi connectivity index (χ1) is 6.93. The van der Waals surface area contributed by atoms with Crippen LogP contribution < -0.4 is 0 Å². The van der Waals surface area contributed by atoms with Crippen molar-refractivity contribution in [2.24, 2.45) is 0 Å². The third-order valence-electron chi connectivity index (χ3n) is 2.05. The third-order valence-corrected chi connectivity index (χ3v) is 4.35. The zero-order valence-electron chi connectivity index (χ0n) is 7.27. The van der Waals surface area contributed by atoms with E-state index in [4.69, 9.17) is 5.11 Å². The van der Waals surface area contributed by atoms with Crippen molar-refractivity contribution in [2.75, 3.05) is 0 Å². The zero-order chi connectivity index (χ0) is 11.2. The minimum Gasteiger partial charge on any atom is -0.477 e. The smallest absolute Gasteiger partial charge is 0.347 e. The fourth-order valence-electron chi connectivity index (χ4n) is 1.37. The topological polar surface area (TPSA) is 71.4 Å². The summed E-state index contributed by atoms with van der Waals surface area (Å²) in [6, 6.07) is 4.62. The van der Waals surface area contributed by atoms with Gasteiger partial charge in [-0.1, -0.05) is 22.0 Å². The summed E-state index contributed by atoms with van der Waals surface area (Å²) >= 11 is 3.14. The molecular formula is C9H5BrO4S. The number of hydrogen-bond donors (Lipinski definition) is 1. The highest BCUT2D eigenvalue weighted by molar-refractivity contribution is 9.10. The number of benzene rings is 1. The van der Waals surface area contributed by atoms with Gasteiger partial charge in [0.05, 0.1) is 4.90 Å². The Balaban J connectivity index is 2.74. The Labute approximate surface area is 94.3 Å². The fourth-order valence-corrected chi connectivity index (χ4v) is 3.36. The van der Waals surface area contributed by atoms with Gasteiger partial charge < -0.3 is 5.11 Å². The maximum absolute atomic E-state index is 11.7. The van der Waals surface area contributed by atoms with Crippen LogP contribution in [0.4, 0.5) is 0 Å². The second-order valence-electron chi connectivity index (χ2n) is 3.00. The Morgan fingerprint density at radius 2 is 2.00 bits per heavy atom. The van der Waals surface area contributed by atoms with Gasteiger partial charge in [0.2, 0.25) is 9.84 Å². The molecule has 0 unspecified atom stereocenters. The molecule has 4 nitrogen and oxygen atoms in total. The molecule has 0 amide bonds. The van der Waals surface area contributed by atoms with Gasteiger partial charge in [0.25, 0.3) is 0 Å². The number of aliphatic carboxylic acids is 1. The molecule has 1 heterocycles. The fraction of sp³-hybridized carbons (Fsp3) is 0. The maximum atomic E-state index is 11.7. The molecule has 0 aromatic heterocycles. The van der Waals surface area contributed by atoms with Gasteiger partial charge in [-0.05, 0) is 23.8 Å². The highest BCUT2D eigenvalue weighted by Gasteiger charge is 2.34. The van der Waals surface area contributed by atoms with E-state index in [9.17, 15) is 13.2 Å². The Morgan fingerprint density at radius 3 is 2.60 bits per heavy atom. The molecule has 0 radical (unpaired) electrons. The molecule has 0 spiro atoms. The van der Waals surface area contributed by atoms with Crippen LogP contribution >= 0.6 is 15.9 Å². The summed E-state index contributed by atoms with van der Waals surface area (Å²) in [5, 5.41) is 8.73. The molecule has 2 rings (SSSR count). The van der Waals surface area contributed by atoms with E-state index in [0.717, 1.165) is 0 Å². The van der Waals surface area contributed by atoms with Crippen LogP contribution in [0.1, 0.15) is 5.56 Å². The number of rotatable bonds is 1. The van der Waals surface area contributed by atoms with Crippen molar-refractivity contribution in [1.29, 1.82) is 0 Å². The zero-order valence-corrected chi connectivity index (χ0v) is 9.67. The summed E-state index contributed by atoms with van der Waals surface area (Å²) in [4.78, 5) is 10.2. The second-order valence-corrected chi connectivity index (χ2v) is 5.80. The first-order valence-corrected chi connectivity index (χ1v) is 6.20. The lowest BCUT2D eigenvalue weighted by atomic mass is 10.2. The van der Waals surface area contributed by atoms with Gasteiger partial charge in [-0.3, -0.25) is 0 Å². The Morgan fingerprint density at radius 1 is 1.33 bits per heavy atom. The molecule has 6 heteroatoms. The average molecular weight is 289 g/mol. The van der Waals surface area contributed by atoms with Crippen molar-refractivity contribution in [1.82, 2.24) is 0 Å². The Hall–Kier alpha value is -1.14. The summed E-state index contributed by atoms with van der Waals surface area (Å²) in [7, 11) is -3.84. The molecule has 1 N–H and O–H groups in total. The van der Waals surface area contributed by atoms with Gasteiger partial charge in [0.1, 0.15) is 0 Å². The highest BCUT2D eigenvalue weighted by Crippen LogP contribution is 2.34. The quantitative estimate of drug-likeness (QED) is 0.853. The molecule has 15 heavy (non-hydrogen) atoms. The highest BCUT2D eigenvalue weighted by atomic mass is 79.9. The van der Waals surface area contributed by atoms with Crippen LogP contribution in [0, 0.1) is 0 Å². The Kier molecular flexibility index (Phi) is 2.20. The molecular weight excluding hydrogens is 284 g/mol. The van der Waals surface area contributed by atoms with E-state index >= 15 is 0 Å². The SMILES string of the molecule is O=C(O)C1=Cc2ccc(Br)cc2S1(=O)=O. The molecule has 0 saturated carbocycles. The van der Waals surface area contributed by atoms with Crippen molar-refractivity contribution in [3.63, 3.8) is 0 Å². The van der Waals surface area contributed by atoms with Gasteiger partial charge >= 0.3 is 5.97 Å². The summed E-state index contributed by atoms with van der Waals surface area (Å²) in [6.07, 6.45) is 1.17. The lowest BCUT2D eigenvalue weighted by Crippen LogP contribution is -2.09. The van der Waals surface area contributed by atoms with Crippen molar-refractivity contribution in [3.8, 4) is 0 Å². The summed E-state index contributed by atoms with van der Waals surface area (Å²) in [5.41, 5.74) is 0.413. The van der Waals surface area contributed by atoms with Crippen LogP contribution in [-0.2, 0) is 14.6 Å². The minimum absolute atomic E-state index is 0.0364. The van der Waals surface area contributed by atoms with Gasteiger partial charge in [-0.25, -0.2) is 13.2 Å². The van der Waals surface area contributed by atoms with E-state index < -0.39 is 20.7 Å². The summed E-state index contributed by atoms with van der Waals surface area (Å²) in [6.45, 7) is 0. The van der Waals surface area contributed by atoms with Gasteiger partial charge in [-0.2, -0.15) is 0 Å². The van der Waals surface area contributed by atoms with Gasteiger partial charge in [0, 0.05) is 4.47 Å². The van der Waals surface area contributed by atoms with Gasteiger partial charge in [-0.15, -0.1) is 0 Å². The molecule has 1 aromatic rings. The average Bonchev–Trinajstić information content (AvgIpc) is 2.39. The minimum atomic E-state index is -3.84. The van der Waals surface area contributed by atoms with Crippen LogP contribution in [0.15, 0.2) is 32.5 Å². The lowest BCUT2D eigenvalue weighted by Gasteiger charge is -1.99. The number of carboxylic acids is 1. The molecule has 0 saturated heterocycles. The van der Waals surface area contributed by atoms with E-state index in [0.29, 0.717) is 10.0 Å². The predicted molar refractivity (Wildman–Crippen MR) is 56.9 cm³/mol. The molecule has 0 bridgehead atoms. The predicted octanol–water partition coefficient (Wildman–Crippen LogP) is 1.66. The van der Waals surface area contributed by atoms with Crippen molar-refractivity contribution < 1.29 is 18.3 Å². The lowest BCUT2D eigenvalue weighted by molar-refractivity contribution is -0.131. The largest absolute Gasteiger partial charge is 0.477 e. The first kappa shape index (κ1) is 10.4. The van der Waals surface area contributed by atoms with E-state index in [1.165, 1.54) is 12.1 Å². The molecule has 78 valence electrons. The van der Waals surface area contributed by atoms with E-state index in [-0.39, 0.29) is 4.90 Å². The van der Waals surface area contributed by atoms with Crippen LogP contribution in [0.25, 0.3) is 6.08 Å². The van der Waals surface area contributed by atoms with E-state index in [1.807, 2.05) is 0 Å². The van der Waals surface area contributed by atoms with E-state index in [1.54, 1.807) is 12.1 Å². The number of sulfone groups is 1. The van der Waals surface area contributed by atoms with Crippen LogP contribution in [0.3, 0.4) is 0 Å². The molecule has 1 aromatic carbocycles. The summed E-state index contributed by atoms with van der Waals surface area (Å²) in [5.74, 6) is -1.43. The van der Waals surface area contributed by atoms with Crippen LogP contribution in [0.5, 0.6) is 0 Å². The van der Waals surface area contributed by atoms with Gasteiger partial charge in [0.15, 0.2) is 4.91 Å². The molecule has 0 aliphatic carbocycles. The number of halogens is 1. The molecule has 1 aliphatic heterocycles. The standard InChI is InChI=1S/C9H5BrO4S/c10-6-2-1-5-3-8(9(11)12)15(13,14)7(5)4-6/h1-4H,(H,11,12). The molecule has 0 atom stereocenters. The maximum Gasteiger partial charge on any atom is 0.347 e. The normalized spacial score (nSPS) is 17.0.